The standard InChI is InChI=1S/C20H24N4O2.ClH/c1-15(25)16-4-6-18(7-5-16)23-20(26)8-11-24-12-10-22-14-19(24)17-3-2-9-21-13-17;/h2-7,9,13,19,22H,8,10-12,14H2,1H3,(H,23,26);1H. The van der Waals surface area contributed by atoms with Crippen LogP contribution in [0.25, 0.3) is 0 Å². The van der Waals surface area contributed by atoms with Crippen LogP contribution in [-0.4, -0.2) is 47.8 Å². The van der Waals surface area contributed by atoms with E-state index in [1.54, 1.807) is 30.5 Å². The van der Waals surface area contributed by atoms with E-state index in [1.165, 1.54) is 12.5 Å². The Kier molecular flexibility index (Phi) is 7.91. The molecule has 1 unspecified atom stereocenters. The van der Waals surface area contributed by atoms with E-state index in [-0.39, 0.29) is 30.1 Å². The van der Waals surface area contributed by atoms with Gasteiger partial charge in [-0.3, -0.25) is 19.5 Å². The molecule has 0 saturated carbocycles. The first kappa shape index (κ1) is 21.0. The van der Waals surface area contributed by atoms with Gasteiger partial charge in [0.1, 0.15) is 0 Å². The van der Waals surface area contributed by atoms with E-state index >= 15 is 0 Å². The SMILES string of the molecule is CC(=O)c1ccc(NC(=O)CCN2CCNCC2c2cccnc2)cc1.Cl. The lowest BCUT2D eigenvalue weighted by Gasteiger charge is -2.36. The fourth-order valence-corrected chi connectivity index (χ4v) is 3.17. The van der Waals surface area contributed by atoms with Gasteiger partial charge in [0.2, 0.25) is 5.91 Å². The molecule has 0 aliphatic carbocycles. The molecular formula is C20H25ClN4O2. The van der Waals surface area contributed by atoms with Crippen molar-refractivity contribution in [2.24, 2.45) is 0 Å². The van der Waals surface area contributed by atoms with E-state index in [1.807, 2.05) is 12.3 Å². The third-order valence-electron chi connectivity index (χ3n) is 4.62. The van der Waals surface area contributed by atoms with Crippen LogP contribution in [-0.2, 0) is 4.79 Å². The molecule has 1 saturated heterocycles. The quantitative estimate of drug-likeness (QED) is 0.744. The van der Waals surface area contributed by atoms with Gasteiger partial charge in [-0.05, 0) is 42.8 Å². The third-order valence-corrected chi connectivity index (χ3v) is 4.62. The Labute approximate surface area is 165 Å². The van der Waals surface area contributed by atoms with Crippen LogP contribution in [0.4, 0.5) is 5.69 Å². The van der Waals surface area contributed by atoms with Gasteiger partial charge in [0.25, 0.3) is 0 Å². The van der Waals surface area contributed by atoms with Crippen molar-refractivity contribution in [1.29, 1.82) is 0 Å². The molecule has 1 fully saturated rings. The number of piperazine rings is 1. The average Bonchev–Trinajstić information content (AvgIpc) is 2.68. The predicted molar refractivity (Wildman–Crippen MR) is 108 cm³/mol. The molecule has 0 bridgehead atoms. The number of benzene rings is 1. The van der Waals surface area contributed by atoms with Gasteiger partial charge in [0.05, 0.1) is 0 Å². The molecule has 6 nitrogen and oxygen atoms in total. The van der Waals surface area contributed by atoms with Crippen LogP contribution in [0, 0.1) is 0 Å². The van der Waals surface area contributed by atoms with Crippen molar-refractivity contribution in [2.75, 3.05) is 31.5 Å². The fourth-order valence-electron chi connectivity index (χ4n) is 3.17. The number of pyridine rings is 1. The van der Waals surface area contributed by atoms with Gasteiger partial charge in [-0.15, -0.1) is 12.4 Å². The Morgan fingerprint density at radius 2 is 2.04 bits per heavy atom. The summed E-state index contributed by atoms with van der Waals surface area (Å²) in [6, 6.07) is 11.2. The summed E-state index contributed by atoms with van der Waals surface area (Å²) in [7, 11) is 0. The predicted octanol–water partition coefficient (Wildman–Crippen LogP) is 2.68. The zero-order chi connectivity index (χ0) is 18.4. The van der Waals surface area contributed by atoms with Gasteiger partial charge in [-0.25, -0.2) is 0 Å². The zero-order valence-corrected chi connectivity index (χ0v) is 16.2. The van der Waals surface area contributed by atoms with Crippen molar-refractivity contribution in [2.45, 2.75) is 19.4 Å². The highest BCUT2D eigenvalue weighted by Gasteiger charge is 2.24. The second-order valence-electron chi connectivity index (χ2n) is 6.47. The van der Waals surface area contributed by atoms with Gasteiger partial charge < -0.3 is 10.6 Å². The summed E-state index contributed by atoms with van der Waals surface area (Å²) >= 11 is 0. The number of ketones is 1. The molecule has 1 atom stereocenters. The average molecular weight is 389 g/mol. The number of halogens is 1. The number of nitrogens with one attached hydrogen (secondary N) is 2. The van der Waals surface area contributed by atoms with E-state index in [2.05, 4.69) is 26.6 Å². The zero-order valence-electron chi connectivity index (χ0n) is 15.4. The molecule has 2 heterocycles. The monoisotopic (exact) mass is 388 g/mol. The molecule has 1 aromatic heterocycles. The van der Waals surface area contributed by atoms with Crippen LogP contribution in [0.1, 0.15) is 35.3 Å². The van der Waals surface area contributed by atoms with Gasteiger partial charge in [0, 0.05) is 62.3 Å². The Hall–Kier alpha value is -2.28. The minimum absolute atomic E-state index is 0. The van der Waals surface area contributed by atoms with Crippen molar-refractivity contribution < 1.29 is 9.59 Å². The molecule has 2 aromatic rings. The lowest BCUT2D eigenvalue weighted by atomic mass is 10.1. The smallest absolute Gasteiger partial charge is 0.225 e. The summed E-state index contributed by atoms with van der Waals surface area (Å²) in [6.45, 7) is 4.91. The van der Waals surface area contributed by atoms with Crippen molar-refractivity contribution in [1.82, 2.24) is 15.2 Å². The van der Waals surface area contributed by atoms with E-state index in [0.29, 0.717) is 24.2 Å². The number of nitrogens with zero attached hydrogens (tertiary/aromatic N) is 2. The Bertz CT molecular complexity index is 752. The molecule has 7 heteroatoms. The Balaban J connectivity index is 0.00000261. The Morgan fingerprint density at radius 1 is 1.26 bits per heavy atom. The van der Waals surface area contributed by atoms with E-state index in [4.69, 9.17) is 0 Å². The number of carbonyl (C=O) groups excluding carboxylic acids is 2. The maximum Gasteiger partial charge on any atom is 0.225 e. The molecule has 1 amide bonds. The molecular weight excluding hydrogens is 364 g/mol. The van der Waals surface area contributed by atoms with Gasteiger partial charge in [-0.1, -0.05) is 6.07 Å². The van der Waals surface area contributed by atoms with Gasteiger partial charge >= 0.3 is 0 Å². The highest BCUT2D eigenvalue weighted by Crippen LogP contribution is 2.21. The van der Waals surface area contributed by atoms with Crippen LogP contribution >= 0.6 is 12.4 Å². The molecule has 2 N–H and O–H groups in total. The van der Waals surface area contributed by atoms with Crippen molar-refractivity contribution in [3.63, 3.8) is 0 Å². The largest absolute Gasteiger partial charge is 0.326 e. The van der Waals surface area contributed by atoms with E-state index < -0.39 is 0 Å². The number of Topliss-reactive ketones (excluding diaryl/α,β-unsaturated/α-hetero) is 1. The molecule has 1 aliphatic rings. The molecule has 1 aliphatic heterocycles. The topological polar surface area (TPSA) is 74.3 Å². The minimum atomic E-state index is -0.0240. The van der Waals surface area contributed by atoms with Crippen LogP contribution in [0.5, 0.6) is 0 Å². The lowest BCUT2D eigenvalue weighted by molar-refractivity contribution is -0.116. The van der Waals surface area contributed by atoms with Crippen LogP contribution in [0.15, 0.2) is 48.8 Å². The molecule has 0 spiro atoms. The van der Waals surface area contributed by atoms with Crippen LogP contribution in [0.3, 0.4) is 0 Å². The maximum atomic E-state index is 12.3. The molecule has 1 aromatic carbocycles. The maximum absolute atomic E-state index is 12.3. The number of carbonyl (C=O) groups is 2. The third kappa shape index (κ3) is 5.85. The van der Waals surface area contributed by atoms with Crippen LogP contribution < -0.4 is 10.6 Å². The van der Waals surface area contributed by atoms with Gasteiger partial charge in [0.15, 0.2) is 5.78 Å². The summed E-state index contributed by atoms with van der Waals surface area (Å²) in [6.07, 6.45) is 4.08. The fraction of sp³-hybridized carbons (Fsp3) is 0.350. The lowest BCUT2D eigenvalue weighted by Crippen LogP contribution is -2.46. The highest BCUT2D eigenvalue weighted by molar-refractivity contribution is 5.95. The summed E-state index contributed by atoms with van der Waals surface area (Å²) in [5.74, 6) is -0.00734. The van der Waals surface area contributed by atoms with Crippen LogP contribution in [0.2, 0.25) is 0 Å². The second-order valence-corrected chi connectivity index (χ2v) is 6.47. The van der Waals surface area contributed by atoms with Gasteiger partial charge in [-0.2, -0.15) is 0 Å². The number of amides is 1. The first-order chi connectivity index (χ1) is 12.6. The van der Waals surface area contributed by atoms with E-state index in [9.17, 15) is 9.59 Å². The summed E-state index contributed by atoms with van der Waals surface area (Å²) in [4.78, 5) is 30.1. The Morgan fingerprint density at radius 3 is 2.70 bits per heavy atom. The summed E-state index contributed by atoms with van der Waals surface area (Å²) < 4.78 is 0. The number of rotatable bonds is 6. The number of aromatic nitrogens is 1. The van der Waals surface area contributed by atoms with Crippen molar-refractivity contribution >= 4 is 29.8 Å². The first-order valence-corrected chi connectivity index (χ1v) is 8.89. The molecule has 144 valence electrons. The first-order valence-electron chi connectivity index (χ1n) is 8.89. The second kappa shape index (κ2) is 10.2. The van der Waals surface area contributed by atoms with Crippen molar-refractivity contribution in [3.8, 4) is 0 Å². The van der Waals surface area contributed by atoms with Crippen molar-refractivity contribution in [3.05, 3.63) is 59.9 Å². The molecule has 3 rings (SSSR count). The summed E-state index contributed by atoms with van der Waals surface area (Å²) in [5.41, 5.74) is 2.52. The number of anilines is 1. The number of hydrogen-bond acceptors (Lipinski definition) is 5. The highest BCUT2D eigenvalue weighted by atomic mass is 35.5. The molecule has 27 heavy (non-hydrogen) atoms. The number of hydrogen-bond donors (Lipinski definition) is 2. The summed E-state index contributed by atoms with van der Waals surface area (Å²) in [5, 5.41) is 6.30. The molecule has 0 radical (unpaired) electrons. The minimum Gasteiger partial charge on any atom is -0.326 e. The van der Waals surface area contributed by atoms with E-state index in [0.717, 1.165) is 19.6 Å². The normalized spacial score (nSPS) is 17.0.